The van der Waals surface area contributed by atoms with Crippen LogP contribution in [0.2, 0.25) is 0 Å². The number of carbonyl (C=O) groups excluding carboxylic acids is 3. The summed E-state index contributed by atoms with van der Waals surface area (Å²) < 4.78 is 10.1. The third kappa shape index (κ3) is 11.3. The van der Waals surface area contributed by atoms with Gasteiger partial charge in [-0.3, -0.25) is 4.79 Å². The van der Waals surface area contributed by atoms with Gasteiger partial charge >= 0.3 is 11.9 Å². The number of rotatable bonds is 8. The van der Waals surface area contributed by atoms with Crippen LogP contribution in [0.4, 0.5) is 0 Å². The van der Waals surface area contributed by atoms with E-state index in [4.69, 9.17) is 9.47 Å². The number of benzene rings is 1. The molecule has 5 nitrogen and oxygen atoms in total. The summed E-state index contributed by atoms with van der Waals surface area (Å²) >= 11 is 0. The van der Waals surface area contributed by atoms with Crippen LogP contribution < -0.4 is 0 Å². The van der Waals surface area contributed by atoms with Crippen molar-refractivity contribution in [2.75, 3.05) is 6.61 Å². The van der Waals surface area contributed by atoms with Crippen molar-refractivity contribution in [3.8, 4) is 0 Å². The second-order valence-electron chi connectivity index (χ2n) is 11.5. The van der Waals surface area contributed by atoms with Crippen molar-refractivity contribution in [1.82, 2.24) is 0 Å². The third-order valence-electron chi connectivity index (χ3n) is 6.47. The van der Waals surface area contributed by atoms with Gasteiger partial charge in [-0.15, -0.1) is 0 Å². The first-order chi connectivity index (χ1) is 15.8. The molecule has 5 heteroatoms. The molecule has 0 spiro atoms. The highest BCUT2D eigenvalue weighted by molar-refractivity contribution is 5.76. The molecule has 34 heavy (non-hydrogen) atoms. The molecule has 0 aromatic heterocycles. The average Bonchev–Trinajstić information content (AvgIpc) is 2.76. The zero-order valence-electron chi connectivity index (χ0n) is 22.6. The van der Waals surface area contributed by atoms with Crippen molar-refractivity contribution >= 4 is 18.2 Å². The molecule has 0 aliphatic heterocycles. The van der Waals surface area contributed by atoms with Crippen molar-refractivity contribution in [3.63, 3.8) is 0 Å². The second kappa shape index (κ2) is 13.7. The number of carbonyl (C=O) groups is 3. The Morgan fingerprint density at radius 2 is 1.74 bits per heavy atom. The molecule has 0 bridgehead atoms. The third-order valence-corrected chi connectivity index (χ3v) is 6.47. The van der Waals surface area contributed by atoms with Crippen LogP contribution in [0.1, 0.15) is 98.6 Å². The zero-order chi connectivity index (χ0) is 25.9. The molecule has 1 saturated carbocycles. The molecule has 1 aromatic carbocycles. The summed E-state index contributed by atoms with van der Waals surface area (Å²) in [6.45, 7) is 16.4. The normalized spacial score (nSPS) is 19.1. The molecular weight excluding hydrogens is 428 g/mol. The van der Waals surface area contributed by atoms with Crippen LogP contribution in [0, 0.1) is 17.3 Å². The largest absolute Gasteiger partial charge is 0.460 e. The van der Waals surface area contributed by atoms with Gasteiger partial charge in [0.25, 0.3) is 0 Å². The minimum absolute atomic E-state index is 0.104. The summed E-state index contributed by atoms with van der Waals surface area (Å²) in [7, 11) is 0. The Hall–Kier alpha value is -2.17. The van der Waals surface area contributed by atoms with Crippen LogP contribution >= 0.6 is 0 Å². The topological polar surface area (TPSA) is 69.7 Å². The minimum Gasteiger partial charge on any atom is -0.460 e. The Labute approximate surface area is 207 Å². The molecule has 0 saturated heterocycles. The number of hydrogen-bond donors (Lipinski definition) is 0. The maximum Gasteiger partial charge on any atom is 0.344 e. The fourth-order valence-electron chi connectivity index (χ4n) is 4.30. The fourth-order valence-corrected chi connectivity index (χ4v) is 4.30. The van der Waals surface area contributed by atoms with Gasteiger partial charge in [-0.2, -0.15) is 0 Å². The van der Waals surface area contributed by atoms with Gasteiger partial charge in [0.1, 0.15) is 12.4 Å². The Morgan fingerprint density at radius 1 is 1.12 bits per heavy atom. The highest BCUT2D eigenvalue weighted by atomic mass is 16.6. The molecule has 1 aromatic rings. The molecule has 1 aliphatic rings. The molecule has 0 radical (unpaired) electrons. The SMILES string of the molecule is CC(C=O)Cc1ccc(C(C)(C)C)cc1.CCC(=O)OCC(=O)O[C@H](C)C1CCCC(C)(C)C1. The highest BCUT2D eigenvalue weighted by Crippen LogP contribution is 2.40. The van der Waals surface area contributed by atoms with E-state index in [1.165, 1.54) is 24.0 Å². The summed E-state index contributed by atoms with van der Waals surface area (Å²) in [5.74, 6) is -0.291. The molecule has 0 amide bonds. The summed E-state index contributed by atoms with van der Waals surface area (Å²) in [6, 6.07) is 8.57. The smallest absolute Gasteiger partial charge is 0.344 e. The van der Waals surface area contributed by atoms with E-state index in [2.05, 4.69) is 58.9 Å². The molecule has 3 atom stereocenters. The predicted octanol–water partition coefficient (Wildman–Crippen LogP) is 6.45. The van der Waals surface area contributed by atoms with E-state index in [1.54, 1.807) is 6.92 Å². The van der Waals surface area contributed by atoms with Crippen LogP contribution in [0.3, 0.4) is 0 Å². The number of esters is 2. The van der Waals surface area contributed by atoms with Crippen LogP contribution in [-0.4, -0.2) is 30.9 Å². The second-order valence-corrected chi connectivity index (χ2v) is 11.5. The van der Waals surface area contributed by atoms with Gasteiger partial charge in [0, 0.05) is 12.3 Å². The van der Waals surface area contributed by atoms with Crippen LogP contribution in [0.25, 0.3) is 0 Å². The summed E-state index contributed by atoms with van der Waals surface area (Å²) in [4.78, 5) is 33.1. The summed E-state index contributed by atoms with van der Waals surface area (Å²) in [6.07, 6.45) is 6.63. The van der Waals surface area contributed by atoms with Crippen molar-refractivity contribution < 1.29 is 23.9 Å². The zero-order valence-corrected chi connectivity index (χ0v) is 22.6. The molecule has 1 aliphatic carbocycles. The Morgan fingerprint density at radius 3 is 2.24 bits per heavy atom. The molecule has 192 valence electrons. The first-order valence-electron chi connectivity index (χ1n) is 12.7. The van der Waals surface area contributed by atoms with Crippen molar-refractivity contribution in [1.29, 1.82) is 0 Å². The predicted molar refractivity (Wildman–Crippen MR) is 137 cm³/mol. The number of ether oxygens (including phenoxy) is 2. The molecule has 2 unspecified atom stereocenters. The molecule has 1 fully saturated rings. The Balaban J connectivity index is 0.000000350. The van der Waals surface area contributed by atoms with Gasteiger partial charge in [0.2, 0.25) is 0 Å². The van der Waals surface area contributed by atoms with Gasteiger partial charge in [-0.05, 0) is 60.5 Å². The lowest BCUT2D eigenvalue weighted by molar-refractivity contribution is -0.164. The lowest BCUT2D eigenvalue weighted by atomic mass is 9.71. The number of hydrogen-bond acceptors (Lipinski definition) is 5. The minimum atomic E-state index is -0.447. The summed E-state index contributed by atoms with van der Waals surface area (Å²) in [5.41, 5.74) is 3.11. The summed E-state index contributed by atoms with van der Waals surface area (Å²) in [5, 5.41) is 0. The van der Waals surface area contributed by atoms with E-state index in [0.29, 0.717) is 11.3 Å². The average molecular weight is 475 g/mol. The van der Waals surface area contributed by atoms with Crippen molar-refractivity contribution in [2.45, 2.75) is 105 Å². The van der Waals surface area contributed by atoms with E-state index in [1.807, 2.05) is 13.8 Å². The van der Waals surface area contributed by atoms with E-state index in [9.17, 15) is 14.4 Å². The quantitative estimate of drug-likeness (QED) is 0.320. The molecular formula is C29H46O5. The van der Waals surface area contributed by atoms with E-state index < -0.39 is 5.97 Å². The standard InChI is InChI=1S/C15H26O4.C14H20O/c1-5-13(16)18-10-14(17)19-11(2)12-7-6-8-15(3,4)9-12;1-11(10-15)9-12-5-7-13(8-6-12)14(2,3)4/h11-12H,5-10H2,1-4H3;5-8,10-11H,9H2,1-4H3/t11-,12?;/m1./s1. The van der Waals surface area contributed by atoms with Crippen LogP contribution in [0.5, 0.6) is 0 Å². The van der Waals surface area contributed by atoms with Crippen molar-refractivity contribution in [2.24, 2.45) is 17.3 Å². The van der Waals surface area contributed by atoms with Crippen LogP contribution in [-0.2, 0) is 35.7 Å². The first kappa shape index (κ1) is 29.9. The van der Waals surface area contributed by atoms with Gasteiger partial charge in [0.15, 0.2) is 6.61 Å². The number of aldehydes is 1. The van der Waals surface area contributed by atoms with Crippen molar-refractivity contribution in [3.05, 3.63) is 35.4 Å². The lowest BCUT2D eigenvalue weighted by Gasteiger charge is -2.37. The van der Waals surface area contributed by atoms with E-state index in [-0.39, 0.29) is 36.4 Å². The monoisotopic (exact) mass is 474 g/mol. The Bertz CT molecular complexity index is 773. The molecule has 0 N–H and O–H groups in total. The van der Waals surface area contributed by atoms with Gasteiger partial charge in [-0.25, -0.2) is 4.79 Å². The lowest BCUT2D eigenvalue weighted by Crippen LogP contribution is -2.33. The molecule has 2 rings (SSSR count). The molecule has 0 heterocycles. The maximum atomic E-state index is 11.6. The first-order valence-corrected chi connectivity index (χ1v) is 12.7. The Kier molecular flexibility index (Phi) is 12.0. The maximum absolute atomic E-state index is 11.6. The highest BCUT2D eigenvalue weighted by Gasteiger charge is 2.32. The van der Waals surface area contributed by atoms with Gasteiger partial charge < -0.3 is 14.3 Å². The van der Waals surface area contributed by atoms with E-state index >= 15 is 0 Å². The van der Waals surface area contributed by atoms with Gasteiger partial charge in [0.05, 0.1) is 0 Å². The fraction of sp³-hybridized carbons (Fsp3) is 0.690. The van der Waals surface area contributed by atoms with Gasteiger partial charge in [-0.1, -0.05) is 79.2 Å². The van der Waals surface area contributed by atoms with E-state index in [0.717, 1.165) is 25.5 Å². The van der Waals surface area contributed by atoms with Crippen LogP contribution in [0.15, 0.2) is 24.3 Å².